The van der Waals surface area contributed by atoms with Crippen LogP contribution >= 0.6 is 0 Å². The van der Waals surface area contributed by atoms with Crippen molar-refractivity contribution >= 4 is 40.2 Å². The van der Waals surface area contributed by atoms with Gasteiger partial charge in [-0.15, -0.1) is 0 Å². The van der Waals surface area contributed by atoms with Crippen LogP contribution in [0.1, 0.15) is 37.5 Å². The number of ether oxygens (including phenoxy) is 1. The van der Waals surface area contributed by atoms with Gasteiger partial charge in [0.15, 0.2) is 0 Å². The predicted molar refractivity (Wildman–Crippen MR) is 208 cm³/mol. The highest BCUT2D eigenvalue weighted by Crippen LogP contribution is 2.39. The highest BCUT2D eigenvalue weighted by Gasteiger charge is 2.29. The summed E-state index contributed by atoms with van der Waals surface area (Å²) in [5.41, 5.74) is 9.89. The Hall–Kier alpha value is -6.14. The van der Waals surface area contributed by atoms with Crippen LogP contribution in [0.25, 0.3) is 38.8 Å². The molecule has 2 aromatic heterocycles. The van der Waals surface area contributed by atoms with Crippen molar-refractivity contribution in [2.75, 3.05) is 4.81 Å². The maximum Gasteiger partial charge on any atom is 0.426 e. The van der Waals surface area contributed by atoms with Crippen LogP contribution in [-0.2, 0) is 5.41 Å². The van der Waals surface area contributed by atoms with Crippen molar-refractivity contribution in [3.05, 3.63) is 175 Å². The molecule has 9 rings (SSSR count). The molecule has 0 fully saturated rings. The molecule has 5 aromatic carbocycles. The van der Waals surface area contributed by atoms with E-state index in [9.17, 15) is 0 Å². The van der Waals surface area contributed by atoms with E-state index in [1.165, 1.54) is 16.5 Å². The van der Waals surface area contributed by atoms with Gasteiger partial charge in [-0.3, -0.25) is 4.57 Å². The number of benzene rings is 5. The molecule has 2 aliphatic rings. The zero-order valence-electron chi connectivity index (χ0n) is 28.3. The van der Waals surface area contributed by atoms with Crippen LogP contribution in [0.3, 0.4) is 0 Å². The molecule has 0 atom stereocenters. The van der Waals surface area contributed by atoms with Crippen molar-refractivity contribution in [2.24, 2.45) is 4.90 Å². The first-order valence-electron chi connectivity index (χ1n) is 17.1. The normalized spacial score (nSPS) is 14.8. The second kappa shape index (κ2) is 11.8. The number of hydrogen-bond donors (Lipinski definition) is 0. The predicted octanol–water partition coefficient (Wildman–Crippen LogP) is 10.7. The van der Waals surface area contributed by atoms with E-state index in [2.05, 4.69) is 170 Å². The molecular formula is C44H35BN4O. The highest BCUT2D eigenvalue weighted by molar-refractivity contribution is 6.69. The topological polar surface area (TPSA) is 42.6 Å². The number of nitrogens with zero attached hydrogens (tertiary/aromatic N) is 4. The van der Waals surface area contributed by atoms with Gasteiger partial charge in [0.2, 0.25) is 0 Å². The fourth-order valence-electron chi connectivity index (χ4n) is 7.21. The molecule has 0 N–H and O–H groups in total. The van der Waals surface area contributed by atoms with Gasteiger partial charge in [-0.2, -0.15) is 0 Å². The van der Waals surface area contributed by atoms with Crippen molar-refractivity contribution in [3.63, 3.8) is 0 Å². The van der Waals surface area contributed by atoms with Crippen LogP contribution in [0.5, 0.6) is 11.5 Å². The lowest BCUT2D eigenvalue weighted by atomic mass is 9.70. The van der Waals surface area contributed by atoms with Gasteiger partial charge in [0.1, 0.15) is 17.3 Å². The number of hydrogen-bond acceptors (Lipinski definition) is 4. The Bertz CT molecular complexity index is 2540. The van der Waals surface area contributed by atoms with Crippen LogP contribution in [0.2, 0.25) is 0 Å². The number of para-hydroxylation sites is 2. The molecule has 2 aliphatic heterocycles. The zero-order valence-corrected chi connectivity index (χ0v) is 28.3. The van der Waals surface area contributed by atoms with Gasteiger partial charge in [0.05, 0.1) is 16.7 Å². The van der Waals surface area contributed by atoms with Gasteiger partial charge in [0, 0.05) is 45.4 Å². The van der Waals surface area contributed by atoms with E-state index in [1.54, 1.807) is 0 Å². The molecule has 0 amide bonds. The third-order valence-electron chi connectivity index (χ3n) is 9.67. The van der Waals surface area contributed by atoms with Crippen molar-refractivity contribution in [1.29, 1.82) is 0 Å². The van der Waals surface area contributed by atoms with Crippen LogP contribution < -0.4 is 9.55 Å². The van der Waals surface area contributed by atoms with Crippen molar-refractivity contribution in [3.8, 4) is 28.4 Å². The Balaban J connectivity index is 1.14. The fraction of sp³-hybridized carbons (Fsp3) is 0.0909. The average Bonchev–Trinajstić information content (AvgIpc) is 3.47. The Kier molecular flexibility index (Phi) is 7.06. The lowest BCUT2D eigenvalue weighted by Gasteiger charge is -2.31. The van der Waals surface area contributed by atoms with E-state index in [0.29, 0.717) is 0 Å². The summed E-state index contributed by atoms with van der Waals surface area (Å²) in [4.78, 5) is 12.5. The van der Waals surface area contributed by atoms with Gasteiger partial charge < -0.3 is 14.5 Å². The number of rotatable bonds is 4. The van der Waals surface area contributed by atoms with E-state index in [0.717, 1.165) is 61.8 Å². The molecule has 0 saturated heterocycles. The summed E-state index contributed by atoms with van der Waals surface area (Å²) in [6.07, 6.45) is 8.17. The highest BCUT2D eigenvalue weighted by atomic mass is 16.5. The van der Waals surface area contributed by atoms with E-state index < -0.39 is 0 Å². The molecule has 0 spiro atoms. The van der Waals surface area contributed by atoms with Gasteiger partial charge in [-0.1, -0.05) is 106 Å². The molecule has 7 aromatic rings. The second-order valence-electron chi connectivity index (χ2n) is 13.9. The first kappa shape index (κ1) is 30.0. The molecule has 0 aliphatic carbocycles. The summed E-state index contributed by atoms with van der Waals surface area (Å²) in [5, 5.41) is 2.34. The van der Waals surface area contributed by atoms with Crippen molar-refractivity contribution in [1.82, 2.24) is 9.55 Å². The maximum atomic E-state index is 6.67. The van der Waals surface area contributed by atoms with E-state index >= 15 is 0 Å². The molecule has 5 nitrogen and oxygen atoms in total. The van der Waals surface area contributed by atoms with Crippen LogP contribution in [0.15, 0.2) is 163 Å². The van der Waals surface area contributed by atoms with E-state index in [-0.39, 0.29) is 12.4 Å². The smallest absolute Gasteiger partial charge is 0.426 e. The van der Waals surface area contributed by atoms with E-state index in [1.807, 2.05) is 18.3 Å². The number of aromatic nitrogens is 2. The maximum absolute atomic E-state index is 6.67. The first-order valence-corrected chi connectivity index (χ1v) is 17.1. The summed E-state index contributed by atoms with van der Waals surface area (Å²) >= 11 is 0. The Morgan fingerprint density at radius 1 is 0.640 bits per heavy atom. The molecule has 0 unspecified atom stereocenters. The molecule has 0 saturated carbocycles. The minimum Gasteiger partial charge on any atom is -0.457 e. The lowest BCUT2D eigenvalue weighted by Crippen LogP contribution is -2.36. The molecule has 6 heteroatoms. The van der Waals surface area contributed by atoms with Gasteiger partial charge in [-0.25, -0.2) is 4.98 Å². The van der Waals surface area contributed by atoms with Crippen LogP contribution in [-0.4, -0.2) is 22.2 Å². The number of fused-ring (bicyclic) bond motifs is 8. The monoisotopic (exact) mass is 646 g/mol. The summed E-state index contributed by atoms with van der Waals surface area (Å²) in [5.74, 6) is 4.54. The fourth-order valence-corrected chi connectivity index (χ4v) is 7.21. The minimum atomic E-state index is -0.177. The SMILES string of the molecule is CC(C)(C)c1ccnc(-n2c3ccccc3c3ccc(Oc4cccc(/C5=N/B6C=CC=CN6c6ccccc6-c6ccccc65)c4)cc32)c1. The Morgan fingerprint density at radius 2 is 1.40 bits per heavy atom. The standard InChI is InChI=1S/C44H35BN4O/c1-44(2,3)31-23-25-46-42(28-31)49-40-20-9-7-17-36(40)37-22-21-33(29-41(37)49)50-32-14-12-13-30(27-32)43-38-18-5-4-15-34(38)35-16-6-8-19-39(35)48-26-11-10-24-45(48)47-43/h4-29H,1-3H3/b47-43-. The van der Waals surface area contributed by atoms with Crippen LogP contribution in [0, 0.1) is 0 Å². The Labute approximate surface area is 292 Å². The summed E-state index contributed by atoms with van der Waals surface area (Å²) in [6, 6.07) is 44.6. The number of anilines is 1. The molecule has 240 valence electrons. The largest absolute Gasteiger partial charge is 0.457 e. The first-order chi connectivity index (χ1) is 24.4. The molecule has 50 heavy (non-hydrogen) atoms. The van der Waals surface area contributed by atoms with Crippen LogP contribution in [0.4, 0.5) is 5.69 Å². The molecule has 4 heterocycles. The second-order valence-corrected chi connectivity index (χ2v) is 13.9. The van der Waals surface area contributed by atoms with E-state index in [4.69, 9.17) is 14.6 Å². The molecular weight excluding hydrogens is 611 g/mol. The molecule has 0 radical (unpaired) electrons. The van der Waals surface area contributed by atoms with Gasteiger partial charge >= 0.3 is 6.98 Å². The zero-order chi connectivity index (χ0) is 33.8. The Morgan fingerprint density at radius 3 is 2.28 bits per heavy atom. The summed E-state index contributed by atoms with van der Waals surface area (Å²) in [7, 11) is 0. The van der Waals surface area contributed by atoms with Crippen molar-refractivity contribution < 1.29 is 4.74 Å². The summed E-state index contributed by atoms with van der Waals surface area (Å²) in [6.45, 7) is 6.52. The third kappa shape index (κ3) is 5.12. The molecule has 0 bridgehead atoms. The average molecular weight is 647 g/mol. The lowest BCUT2D eigenvalue weighted by molar-refractivity contribution is 0.483. The third-order valence-corrected chi connectivity index (χ3v) is 9.67. The quantitative estimate of drug-likeness (QED) is 0.179. The number of pyridine rings is 1. The minimum absolute atomic E-state index is 0.00265. The van der Waals surface area contributed by atoms with Crippen molar-refractivity contribution in [2.45, 2.75) is 26.2 Å². The van der Waals surface area contributed by atoms with Gasteiger partial charge in [-0.05, 0) is 77.3 Å². The van der Waals surface area contributed by atoms with Gasteiger partial charge in [0.25, 0.3) is 0 Å². The number of allylic oxidation sites excluding steroid dienone is 2. The summed E-state index contributed by atoms with van der Waals surface area (Å²) < 4.78 is 8.91.